The lowest BCUT2D eigenvalue weighted by atomic mass is 9.89. The molecule has 2 heterocycles. The molecule has 0 amide bonds. The summed E-state index contributed by atoms with van der Waals surface area (Å²) in [5.74, 6) is 1.81. The van der Waals surface area contributed by atoms with Crippen molar-refractivity contribution in [1.29, 1.82) is 0 Å². The Balaban J connectivity index is 1.96. The normalized spacial score (nSPS) is 16.9. The summed E-state index contributed by atoms with van der Waals surface area (Å²) in [7, 11) is 0. The molecule has 0 radical (unpaired) electrons. The molecule has 108 valence electrons. The van der Waals surface area contributed by atoms with E-state index in [4.69, 9.17) is 0 Å². The van der Waals surface area contributed by atoms with E-state index < -0.39 is 0 Å². The molecule has 2 aromatic heterocycles. The van der Waals surface area contributed by atoms with E-state index in [9.17, 15) is 0 Å². The minimum atomic E-state index is 0.777. The van der Waals surface area contributed by atoms with Crippen molar-refractivity contribution < 1.29 is 0 Å². The molecule has 2 aromatic rings. The van der Waals surface area contributed by atoms with Crippen molar-refractivity contribution >= 4 is 23.1 Å². The predicted molar refractivity (Wildman–Crippen MR) is 83.0 cm³/mol. The maximum atomic E-state index is 4.67. The number of aryl methyl sites for hydroxylation is 1. The summed E-state index contributed by atoms with van der Waals surface area (Å²) in [6, 6.07) is 0. The fraction of sp³-hybridized carbons (Fsp3) is 0.667. The van der Waals surface area contributed by atoms with Crippen molar-refractivity contribution in [2.75, 3.05) is 5.75 Å². The van der Waals surface area contributed by atoms with Gasteiger partial charge < -0.3 is 4.57 Å². The smallest absolute Gasteiger partial charge is 0.198 e. The van der Waals surface area contributed by atoms with Crippen LogP contribution >= 0.6 is 11.8 Å². The second-order valence-electron chi connectivity index (χ2n) is 5.60. The van der Waals surface area contributed by atoms with Gasteiger partial charge in [-0.2, -0.15) is 0 Å². The average Bonchev–Trinajstić information content (AvgIpc) is 2.78. The Morgan fingerprint density at radius 1 is 1.25 bits per heavy atom. The van der Waals surface area contributed by atoms with Gasteiger partial charge in [-0.15, -0.1) is 0 Å². The number of rotatable bonds is 4. The van der Waals surface area contributed by atoms with Crippen LogP contribution in [0.4, 0.5) is 0 Å². The highest BCUT2D eigenvalue weighted by Crippen LogP contribution is 2.29. The van der Waals surface area contributed by atoms with Gasteiger partial charge in [0.2, 0.25) is 0 Å². The van der Waals surface area contributed by atoms with Crippen LogP contribution < -0.4 is 0 Å². The van der Waals surface area contributed by atoms with Crippen LogP contribution in [-0.4, -0.2) is 25.3 Å². The van der Waals surface area contributed by atoms with Gasteiger partial charge in [-0.1, -0.05) is 37.9 Å². The molecule has 20 heavy (non-hydrogen) atoms. The summed E-state index contributed by atoms with van der Waals surface area (Å²) in [6.45, 7) is 5.22. The summed E-state index contributed by atoms with van der Waals surface area (Å²) in [5, 5.41) is 1.08. The van der Waals surface area contributed by atoms with E-state index in [0.29, 0.717) is 0 Å². The zero-order valence-electron chi connectivity index (χ0n) is 12.3. The molecular formula is C15H22N4S. The van der Waals surface area contributed by atoms with Gasteiger partial charge >= 0.3 is 0 Å². The molecular weight excluding hydrogens is 268 g/mol. The lowest BCUT2D eigenvalue weighted by Crippen LogP contribution is -2.15. The molecule has 0 unspecified atom stereocenters. The Labute approximate surface area is 124 Å². The van der Waals surface area contributed by atoms with Crippen LogP contribution in [-0.2, 0) is 6.54 Å². The standard InChI is InChI=1S/C15H22N4S/c1-3-20-15-18-13-14(17-11(2)9-16-13)19(15)10-12-7-5-4-6-8-12/h9,12H,3-8,10H2,1-2H3. The van der Waals surface area contributed by atoms with Gasteiger partial charge in [0, 0.05) is 6.54 Å². The van der Waals surface area contributed by atoms with Crippen molar-refractivity contribution in [2.24, 2.45) is 5.92 Å². The molecule has 1 fully saturated rings. The van der Waals surface area contributed by atoms with Crippen molar-refractivity contribution in [2.45, 2.75) is 57.7 Å². The fourth-order valence-corrected chi connectivity index (χ4v) is 3.72. The van der Waals surface area contributed by atoms with E-state index in [-0.39, 0.29) is 0 Å². The third-order valence-electron chi connectivity index (χ3n) is 3.98. The summed E-state index contributed by atoms with van der Waals surface area (Å²) >= 11 is 1.79. The Morgan fingerprint density at radius 2 is 2.05 bits per heavy atom. The minimum absolute atomic E-state index is 0.777. The maximum absolute atomic E-state index is 4.67. The third-order valence-corrected chi connectivity index (χ3v) is 4.84. The van der Waals surface area contributed by atoms with Crippen LogP contribution in [0.2, 0.25) is 0 Å². The molecule has 0 bridgehead atoms. The number of hydrogen-bond donors (Lipinski definition) is 0. The van der Waals surface area contributed by atoms with Gasteiger partial charge in [0.1, 0.15) is 0 Å². The maximum Gasteiger partial charge on any atom is 0.198 e. The number of aromatic nitrogens is 4. The number of hydrogen-bond acceptors (Lipinski definition) is 4. The van der Waals surface area contributed by atoms with E-state index in [0.717, 1.165) is 40.4 Å². The number of fused-ring (bicyclic) bond motifs is 1. The molecule has 5 heteroatoms. The lowest BCUT2D eigenvalue weighted by Gasteiger charge is -2.22. The molecule has 1 saturated carbocycles. The van der Waals surface area contributed by atoms with Crippen LogP contribution in [0.5, 0.6) is 0 Å². The molecule has 1 aliphatic carbocycles. The van der Waals surface area contributed by atoms with Gasteiger partial charge in [-0.05, 0) is 31.4 Å². The van der Waals surface area contributed by atoms with E-state index >= 15 is 0 Å². The first-order chi connectivity index (χ1) is 9.78. The first-order valence-electron chi connectivity index (χ1n) is 7.60. The molecule has 3 rings (SSSR count). The summed E-state index contributed by atoms with van der Waals surface area (Å²) in [6.07, 6.45) is 8.64. The van der Waals surface area contributed by atoms with Gasteiger partial charge in [0.15, 0.2) is 16.5 Å². The number of imidazole rings is 1. The van der Waals surface area contributed by atoms with Crippen molar-refractivity contribution in [3.05, 3.63) is 11.9 Å². The molecule has 0 spiro atoms. The summed E-state index contributed by atoms with van der Waals surface area (Å²) in [5.41, 5.74) is 2.73. The highest BCUT2D eigenvalue weighted by molar-refractivity contribution is 7.99. The zero-order chi connectivity index (χ0) is 13.9. The number of nitrogens with zero attached hydrogens (tertiary/aromatic N) is 4. The fourth-order valence-electron chi connectivity index (χ4n) is 2.99. The molecule has 0 aliphatic heterocycles. The minimum Gasteiger partial charge on any atom is -0.302 e. The lowest BCUT2D eigenvalue weighted by molar-refractivity contribution is 0.314. The second-order valence-corrected chi connectivity index (χ2v) is 6.83. The summed E-state index contributed by atoms with van der Waals surface area (Å²) in [4.78, 5) is 13.8. The van der Waals surface area contributed by atoms with Crippen molar-refractivity contribution in [3.8, 4) is 0 Å². The molecule has 0 atom stereocenters. The molecule has 4 nitrogen and oxygen atoms in total. The van der Waals surface area contributed by atoms with E-state index in [1.54, 1.807) is 18.0 Å². The van der Waals surface area contributed by atoms with Crippen LogP contribution in [0.3, 0.4) is 0 Å². The zero-order valence-corrected chi connectivity index (χ0v) is 13.1. The summed E-state index contributed by atoms with van der Waals surface area (Å²) < 4.78 is 2.31. The van der Waals surface area contributed by atoms with E-state index in [1.807, 2.05) is 6.92 Å². The van der Waals surface area contributed by atoms with Gasteiger partial charge in [0.25, 0.3) is 0 Å². The van der Waals surface area contributed by atoms with Gasteiger partial charge in [0.05, 0.1) is 11.9 Å². The Bertz CT molecular complexity index is 587. The topological polar surface area (TPSA) is 43.6 Å². The van der Waals surface area contributed by atoms with Crippen LogP contribution in [0, 0.1) is 12.8 Å². The second kappa shape index (κ2) is 6.12. The number of thioether (sulfide) groups is 1. The van der Waals surface area contributed by atoms with Crippen molar-refractivity contribution in [1.82, 2.24) is 19.5 Å². The average molecular weight is 290 g/mol. The van der Waals surface area contributed by atoms with Crippen molar-refractivity contribution in [3.63, 3.8) is 0 Å². The van der Waals surface area contributed by atoms with E-state index in [1.165, 1.54) is 32.1 Å². The first kappa shape index (κ1) is 13.9. The third kappa shape index (κ3) is 2.82. The predicted octanol–water partition coefficient (Wildman–Crippen LogP) is 3.83. The first-order valence-corrected chi connectivity index (χ1v) is 8.59. The largest absolute Gasteiger partial charge is 0.302 e. The molecule has 0 saturated heterocycles. The monoisotopic (exact) mass is 290 g/mol. The highest BCUT2D eigenvalue weighted by atomic mass is 32.2. The molecule has 0 aromatic carbocycles. The Kier molecular flexibility index (Phi) is 4.24. The Morgan fingerprint density at radius 3 is 2.80 bits per heavy atom. The van der Waals surface area contributed by atoms with Crippen LogP contribution in [0.1, 0.15) is 44.7 Å². The van der Waals surface area contributed by atoms with Gasteiger partial charge in [-0.25, -0.2) is 15.0 Å². The quantitative estimate of drug-likeness (QED) is 0.803. The molecule has 0 N–H and O–H groups in total. The van der Waals surface area contributed by atoms with Crippen LogP contribution in [0.25, 0.3) is 11.3 Å². The van der Waals surface area contributed by atoms with Gasteiger partial charge in [-0.3, -0.25) is 0 Å². The molecule has 1 aliphatic rings. The SMILES string of the molecule is CCSc1nc2ncc(C)nc2n1CC1CCCCC1. The van der Waals surface area contributed by atoms with Crippen LogP contribution in [0.15, 0.2) is 11.4 Å². The highest BCUT2D eigenvalue weighted by Gasteiger charge is 2.19. The Hall–Kier alpha value is -1.10. The van der Waals surface area contributed by atoms with E-state index in [2.05, 4.69) is 26.4 Å².